The van der Waals surface area contributed by atoms with Gasteiger partial charge in [0.2, 0.25) is 5.75 Å². The Bertz CT molecular complexity index is 755. The molecule has 0 fully saturated rings. The summed E-state index contributed by atoms with van der Waals surface area (Å²) in [5.74, 6) is 2.19. The number of alkyl halides is 1. The number of halogens is 1. The van der Waals surface area contributed by atoms with Crippen LogP contribution >= 0.6 is 11.6 Å². The van der Waals surface area contributed by atoms with Gasteiger partial charge in [-0.25, -0.2) is 0 Å². The molecular formula is C22H21ClO3. The maximum atomic E-state index is 6.05. The molecule has 0 aliphatic rings. The van der Waals surface area contributed by atoms with Gasteiger partial charge in [-0.05, 0) is 28.8 Å². The molecule has 0 saturated carbocycles. The lowest BCUT2D eigenvalue weighted by Crippen LogP contribution is -2.02. The third kappa shape index (κ3) is 4.70. The quantitative estimate of drug-likeness (QED) is 0.485. The lowest BCUT2D eigenvalue weighted by atomic mass is 10.2. The van der Waals surface area contributed by atoms with Crippen LogP contribution < -0.4 is 14.2 Å². The normalized spacial score (nSPS) is 10.4. The summed E-state index contributed by atoms with van der Waals surface area (Å²) >= 11 is 6.05. The summed E-state index contributed by atoms with van der Waals surface area (Å²) in [4.78, 5) is 0. The van der Waals surface area contributed by atoms with Crippen molar-refractivity contribution in [2.75, 3.05) is 7.11 Å². The number of hydrogen-bond donors (Lipinski definition) is 0. The van der Waals surface area contributed by atoms with E-state index in [9.17, 15) is 0 Å². The zero-order chi connectivity index (χ0) is 18.2. The smallest absolute Gasteiger partial charge is 0.203 e. The Morgan fingerprint density at radius 1 is 0.692 bits per heavy atom. The highest BCUT2D eigenvalue weighted by molar-refractivity contribution is 6.17. The predicted molar refractivity (Wildman–Crippen MR) is 104 cm³/mol. The van der Waals surface area contributed by atoms with Crippen LogP contribution in [0.3, 0.4) is 0 Å². The van der Waals surface area contributed by atoms with Crippen LogP contribution in [0.25, 0.3) is 0 Å². The first kappa shape index (κ1) is 18.2. The Balaban J connectivity index is 1.81. The van der Waals surface area contributed by atoms with Gasteiger partial charge in [-0.3, -0.25) is 0 Å². The minimum atomic E-state index is 0.368. The molecule has 0 heterocycles. The van der Waals surface area contributed by atoms with Crippen molar-refractivity contribution in [1.29, 1.82) is 0 Å². The van der Waals surface area contributed by atoms with Gasteiger partial charge in [-0.2, -0.15) is 0 Å². The van der Waals surface area contributed by atoms with Crippen LogP contribution in [0, 0.1) is 0 Å². The van der Waals surface area contributed by atoms with Gasteiger partial charge in [0.15, 0.2) is 11.5 Å². The van der Waals surface area contributed by atoms with Gasteiger partial charge in [0.05, 0.1) is 7.11 Å². The molecule has 134 valence electrons. The van der Waals surface area contributed by atoms with Gasteiger partial charge in [0, 0.05) is 5.88 Å². The molecular weight excluding hydrogens is 348 g/mol. The summed E-state index contributed by atoms with van der Waals surface area (Å²) in [5.41, 5.74) is 3.08. The van der Waals surface area contributed by atoms with Crippen molar-refractivity contribution in [3.8, 4) is 17.2 Å². The van der Waals surface area contributed by atoms with E-state index >= 15 is 0 Å². The highest BCUT2D eigenvalue weighted by Crippen LogP contribution is 2.39. The van der Waals surface area contributed by atoms with Crippen LogP contribution in [0.5, 0.6) is 17.2 Å². The second kappa shape index (κ2) is 9.16. The van der Waals surface area contributed by atoms with Crippen LogP contribution in [0.4, 0.5) is 0 Å². The van der Waals surface area contributed by atoms with E-state index in [0.717, 1.165) is 16.7 Å². The highest BCUT2D eigenvalue weighted by atomic mass is 35.5. The second-order valence-corrected chi connectivity index (χ2v) is 6.07. The van der Waals surface area contributed by atoms with E-state index in [0.29, 0.717) is 36.3 Å². The molecule has 3 nitrogen and oxygen atoms in total. The van der Waals surface area contributed by atoms with E-state index in [2.05, 4.69) is 0 Å². The fourth-order valence-corrected chi connectivity index (χ4v) is 2.75. The molecule has 26 heavy (non-hydrogen) atoms. The molecule has 0 unspecified atom stereocenters. The van der Waals surface area contributed by atoms with Crippen molar-refractivity contribution in [3.05, 3.63) is 89.5 Å². The molecule has 4 heteroatoms. The molecule has 0 radical (unpaired) electrons. The van der Waals surface area contributed by atoms with E-state index in [1.807, 2.05) is 72.8 Å². The van der Waals surface area contributed by atoms with Gasteiger partial charge in [0.25, 0.3) is 0 Å². The van der Waals surface area contributed by atoms with Gasteiger partial charge in [-0.15, -0.1) is 11.6 Å². The second-order valence-electron chi connectivity index (χ2n) is 5.81. The predicted octanol–water partition coefficient (Wildman–Crippen LogP) is 5.59. The molecule has 0 aromatic heterocycles. The van der Waals surface area contributed by atoms with Crippen LogP contribution in [-0.4, -0.2) is 7.11 Å². The number of rotatable bonds is 8. The molecule has 3 aromatic rings. The first-order chi connectivity index (χ1) is 12.8. The van der Waals surface area contributed by atoms with Crippen molar-refractivity contribution in [2.24, 2.45) is 0 Å². The summed E-state index contributed by atoms with van der Waals surface area (Å²) in [7, 11) is 1.61. The van der Waals surface area contributed by atoms with Crippen LogP contribution in [0.1, 0.15) is 16.7 Å². The average Bonchev–Trinajstić information content (AvgIpc) is 2.71. The number of methoxy groups -OCH3 is 1. The lowest BCUT2D eigenvalue weighted by molar-refractivity contribution is 0.257. The molecule has 0 atom stereocenters. The van der Waals surface area contributed by atoms with Crippen LogP contribution in [0.2, 0.25) is 0 Å². The van der Waals surface area contributed by atoms with Crippen molar-refractivity contribution < 1.29 is 14.2 Å². The maximum absolute atomic E-state index is 6.05. The van der Waals surface area contributed by atoms with Gasteiger partial charge >= 0.3 is 0 Å². The molecule has 3 aromatic carbocycles. The monoisotopic (exact) mass is 368 g/mol. The van der Waals surface area contributed by atoms with E-state index in [1.54, 1.807) is 7.11 Å². The Kier molecular flexibility index (Phi) is 6.39. The molecule has 0 spiro atoms. The number of ether oxygens (including phenoxy) is 3. The SMILES string of the molecule is COc1c(OCc2ccccc2)cc(CCl)cc1OCc1ccccc1. The Morgan fingerprint density at radius 2 is 1.15 bits per heavy atom. The first-order valence-corrected chi connectivity index (χ1v) is 8.94. The van der Waals surface area contributed by atoms with E-state index < -0.39 is 0 Å². The molecule has 0 saturated heterocycles. The third-order valence-electron chi connectivity index (χ3n) is 3.91. The minimum Gasteiger partial charge on any atom is -0.490 e. The molecule has 0 aliphatic carbocycles. The first-order valence-electron chi connectivity index (χ1n) is 8.40. The third-order valence-corrected chi connectivity index (χ3v) is 4.22. The summed E-state index contributed by atoms with van der Waals surface area (Å²) in [6.45, 7) is 0.891. The van der Waals surface area contributed by atoms with Crippen molar-refractivity contribution in [3.63, 3.8) is 0 Å². The largest absolute Gasteiger partial charge is 0.490 e. The Labute approximate surface area is 159 Å². The van der Waals surface area contributed by atoms with Gasteiger partial charge in [0.1, 0.15) is 13.2 Å². The Hall–Kier alpha value is -2.65. The fourth-order valence-electron chi connectivity index (χ4n) is 2.59. The lowest BCUT2D eigenvalue weighted by Gasteiger charge is -2.17. The summed E-state index contributed by atoms with van der Waals surface area (Å²) in [5, 5.41) is 0. The molecule has 3 rings (SSSR count). The average molecular weight is 369 g/mol. The van der Waals surface area contributed by atoms with Crippen molar-refractivity contribution in [2.45, 2.75) is 19.1 Å². The topological polar surface area (TPSA) is 27.7 Å². The standard InChI is InChI=1S/C22H21ClO3/c1-24-22-20(25-15-17-8-4-2-5-9-17)12-19(14-23)13-21(22)26-16-18-10-6-3-7-11-18/h2-13H,14-16H2,1H3. The van der Waals surface area contributed by atoms with Crippen LogP contribution in [0.15, 0.2) is 72.8 Å². The van der Waals surface area contributed by atoms with Crippen molar-refractivity contribution in [1.82, 2.24) is 0 Å². The molecule has 0 amide bonds. The van der Waals surface area contributed by atoms with E-state index in [-0.39, 0.29) is 0 Å². The van der Waals surface area contributed by atoms with Gasteiger partial charge < -0.3 is 14.2 Å². The van der Waals surface area contributed by atoms with Crippen molar-refractivity contribution >= 4 is 11.6 Å². The number of benzene rings is 3. The summed E-state index contributed by atoms with van der Waals surface area (Å²) < 4.78 is 17.5. The van der Waals surface area contributed by atoms with Gasteiger partial charge in [-0.1, -0.05) is 60.7 Å². The number of hydrogen-bond acceptors (Lipinski definition) is 3. The highest BCUT2D eigenvalue weighted by Gasteiger charge is 2.15. The zero-order valence-corrected chi connectivity index (χ0v) is 15.4. The molecule has 0 N–H and O–H groups in total. The zero-order valence-electron chi connectivity index (χ0n) is 14.7. The van der Waals surface area contributed by atoms with Crippen LogP contribution in [-0.2, 0) is 19.1 Å². The molecule has 0 bridgehead atoms. The maximum Gasteiger partial charge on any atom is 0.203 e. The minimum absolute atomic E-state index is 0.368. The fraction of sp³-hybridized carbons (Fsp3) is 0.182. The summed E-state index contributed by atoms with van der Waals surface area (Å²) in [6, 6.07) is 23.8. The van der Waals surface area contributed by atoms with E-state index in [1.165, 1.54) is 0 Å². The Morgan fingerprint density at radius 3 is 1.54 bits per heavy atom. The van der Waals surface area contributed by atoms with E-state index in [4.69, 9.17) is 25.8 Å². The summed E-state index contributed by atoms with van der Waals surface area (Å²) in [6.07, 6.45) is 0. The molecule has 0 aliphatic heterocycles.